The normalized spacial score (nSPS) is 15.6. The zero-order chi connectivity index (χ0) is 10.3. The van der Waals surface area contributed by atoms with E-state index in [0.717, 1.165) is 5.69 Å². The summed E-state index contributed by atoms with van der Waals surface area (Å²) in [7, 11) is 2.04. The number of nitrogens with zero attached hydrogens (tertiary/aromatic N) is 1. The van der Waals surface area contributed by atoms with Crippen LogP contribution in [0, 0.1) is 0 Å². The SMILES string of the molecule is CN(c1cc(Cl)c(Cl)cc1N)C1CC1. The van der Waals surface area contributed by atoms with Gasteiger partial charge >= 0.3 is 0 Å². The second kappa shape index (κ2) is 3.52. The van der Waals surface area contributed by atoms with Crippen molar-refractivity contribution in [3.8, 4) is 0 Å². The van der Waals surface area contributed by atoms with E-state index in [1.54, 1.807) is 6.07 Å². The van der Waals surface area contributed by atoms with Crippen LogP contribution in [0.4, 0.5) is 11.4 Å². The highest BCUT2D eigenvalue weighted by Gasteiger charge is 2.27. The molecule has 0 saturated heterocycles. The zero-order valence-electron chi connectivity index (χ0n) is 7.93. The highest BCUT2D eigenvalue weighted by molar-refractivity contribution is 6.42. The van der Waals surface area contributed by atoms with Gasteiger partial charge in [0.1, 0.15) is 0 Å². The summed E-state index contributed by atoms with van der Waals surface area (Å²) in [5, 5.41) is 1.07. The van der Waals surface area contributed by atoms with E-state index >= 15 is 0 Å². The van der Waals surface area contributed by atoms with Crippen LogP contribution in [0.1, 0.15) is 12.8 Å². The molecule has 0 radical (unpaired) electrons. The van der Waals surface area contributed by atoms with Gasteiger partial charge in [-0.3, -0.25) is 0 Å². The topological polar surface area (TPSA) is 29.3 Å². The van der Waals surface area contributed by atoms with E-state index in [9.17, 15) is 0 Å². The molecule has 0 atom stereocenters. The molecule has 0 aromatic heterocycles. The molecule has 0 aliphatic heterocycles. The van der Waals surface area contributed by atoms with Crippen molar-refractivity contribution >= 4 is 34.6 Å². The van der Waals surface area contributed by atoms with Crippen molar-refractivity contribution in [3.05, 3.63) is 22.2 Å². The predicted molar refractivity (Wildman–Crippen MR) is 62.3 cm³/mol. The molecule has 0 unspecified atom stereocenters. The highest BCUT2D eigenvalue weighted by atomic mass is 35.5. The van der Waals surface area contributed by atoms with Crippen LogP contribution in [0.25, 0.3) is 0 Å². The summed E-state index contributed by atoms with van der Waals surface area (Å²) in [6.45, 7) is 0. The fraction of sp³-hybridized carbons (Fsp3) is 0.400. The average Bonchev–Trinajstić information content (AvgIpc) is 2.93. The Morgan fingerprint density at radius 1 is 1.29 bits per heavy atom. The van der Waals surface area contributed by atoms with Crippen LogP contribution in [0.5, 0.6) is 0 Å². The molecule has 1 aromatic carbocycles. The largest absolute Gasteiger partial charge is 0.397 e. The van der Waals surface area contributed by atoms with Crippen LogP contribution in [-0.2, 0) is 0 Å². The predicted octanol–water partition coefficient (Wildman–Crippen LogP) is 3.17. The Hall–Kier alpha value is -0.600. The molecule has 4 heteroatoms. The Kier molecular flexibility index (Phi) is 2.50. The number of rotatable bonds is 2. The second-order valence-corrected chi connectivity index (χ2v) is 4.48. The van der Waals surface area contributed by atoms with Crippen molar-refractivity contribution in [3.63, 3.8) is 0 Å². The second-order valence-electron chi connectivity index (χ2n) is 3.67. The maximum absolute atomic E-state index is 5.94. The van der Waals surface area contributed by atoms with Gasteiger partial charge < -0.3 is 10.6 Å². The summed E-state index contributed by atoms with van der Waals surface area (Å²) >= 11 is 11.8. The van der Waals surface area contributed by atoms with Gasteiger partial charge in [-0.25, -0.2) is 0 Å². The summed E-state index contributed by atoms with van der Waals surface area (Å²) < 4.78 is 0. The molecule has 1 saturated carbocycles. The number of anilines is 2. The summed E-state index contributed by atoms with van der Waals surface area (Å²) in [5.74, 6) is 0. The lowest BCUT2D eigenvalue weighted by Crippen LogP contribution is -2.20. The van der Waals surface area contributed by atoms with E-state index in [1.165, 1.54) is 12.8 Å². The maximum Gasteiger partial charge on any atom is 0.0615 e. The minimum absolute atomic E-state index is 0.511. The zero-order valence-corrected chi connectivity index (χ0v) is 9.44. The first kappa shape index (κ1) is 9.94. The van der Waals surface area contributed by atoms with Crippen LogP contribution in [0.2, 0.25) is 10.0 Å². The van der Waals surface area contributed by atoms with E-state index < -0.39 is 0 Å². The minimum Gasteiger partial charge on any atom is -0.397 e. The van der Waals surface area contributed by atoms with Gasteiger partial charge in [0, 0.05) is 13.1 Å². The van der Waals surface area contributed by atoms with Crippen molar-refractivity contribution in [2.24, 2.45) is 0 Å². The molecule has 0 amide bonds. The van der Waals surface area contributed by atoms with Gasteiger partial charge in [0.15, 0.2) is 0 Å². The fourth-order valence-corrected chi connectivity index (χ4v) is 1.85. The molecular formula is C10H12Cl2N2. The quantitative estimate of drug-likeness (QED) is 0.792. The van der Waals surface area contributed by atoms with Crippen LogP contribution >= 0.6 is 23.2 Å². The van der Waals surface area contributed by atoms with E-state index in [1.807, 2.05) is 13.1 Å². The first-order valence-electron chi connectivity index (χ1n) is 4.57. The first-order valence-corrected chi connectivity index (χ1v) is 5.32. The average molecular weight is 231 g/mol. The van der Waals surface area contributed by atoms with Crippen LogP contribution in [0.15, 0.2) is 12.1 Å². The van der Waals surface area contributed by atoms with Crippen molar-refractivity contribution in [1.29, 1.82) is 0 Å². The number of halogens is 2. The molecule has 2 nitrogen and oxygen atoms in total. The van der Waals surface area contributed by atoms with Gasteiger partial charge in [-0.1, -0.05) is 23.2 Å². The number of hydrogen-bond acceptors (Lipinski definition) is 2. The van der Waals surface area contributed by atoms with Crippen LogP contribution < -0.4 is 10.6 Å². The maximum atomic E-state index is 5.94. The third-order valence-electron chi connectivity index (χ3n) is 2.54. The molecule has 2 rings (SSSR count). The number of nitrogen functional groups attached to an aromatic ring is 1. The molecule has 0 heterocycles. The lowest BCUT2D eigenvalue weighted by molar-refractivity contribution is 0.919. The Morgan fingerprint density at radius 2 is 1.86 bits per heavy atom. The van der Waals surface area contributed by atoms with E-state index in [-0.39, 0.29) is 0 Å². The molecule has 0 bridgehead atoms. The highest BCUT2D eigenvalue weighted by Crippen LogP contribution is 2.37. The van der Waals surface area contributed by atoms with Crippen molar-refractivity contribution in [2.45, 2.75) is 18.9 Å². The Morgan fingerprint density at radius 3 is 2.43 bits per heavy atom. The molecule has 1 aliphatic carbocycles. The van der Waals surface area contributed by atoms with Crippen molar-refractivity contribution < 1.29 is 0 Å². The number of benzene rings is 1. The van der Waals surface area contributed by atoms with Crippen LogP contribution in [0.3, 0.4) is 0 Å². The van der Waals surface area contributed by atoms with Gasteiger partial charge in [0.2, 0.25) is 0 Å². The fourth-order valence-electron chi connectivity index (χ4n) is 1.52. The monoisotopic (exact) mass is 230 g/mol. The molecular weight excluding hydrogens is 219 g/mol. The molecule has 1 aromatic rings. The third kappa shape index (κ3) is 1.77. The van der Waals surface area contributed by atoms with Gasteiger partial charge in [-0.15, -0.1) is 0 Å². The Bertz CT molecular complexity index is 361. The van der Waals surface area contributed by atoms with Crippen LogP contribution in [-0.4, -0.2) is 13.1 Å². The van der Waals surface area contributed by atoms with Gasteiger partial charge in [0.05, 0.1) is 21.4 Å². The third-order valence-corrected chi connectivity index (χ3v) is 3.27. The smallest absolute Gasteiger partial charge is 0.0615 e. The summed E-state index contributed by atoms with van der Waals surface area (Å²) in [5.41, 5.74) is 7.53. The van der Waals surface area contributed by atoms with E-state index in [0.29, 0.717) is 21.8 Å². The number of hydrogen-bond donors (Lipinski definition) is 1. The molecule has 1 aliphatic rings. The minimum atomic E-state index is 0.511. The standard InChI is InChI=1S/C10H12Cl2N2/c1-14(6-2-3-6)10-5-8(12)7(11)4-9(10)13/h4-6H,2-3,13H2,1H3. The molecule has 76 valence electrons. The number of nitrogens with two attached hydrogens (primary N) is 1. The first-order chi connectivity index (χ1) is 6.59. The van der Waals surface area contributed by atoms with E-state index in [4.69, 9.17) is 28.9 Å². The van der Waals surface area contributed by atoms with Crippen molar-refractivity contribution in [2.75, 3.05) is 17.7 Å². The van der Waals surface area contributed by atoms with E-state index in [2.05, 4.69) is 4.90 Å². The lowest BCUT2D eigenvalue weighted by Gasteiger charge is -2.21. The van der Waals surface area contributed by atoms with Gasteiger partial charge in [-0.05, 0) is 25.0 Å². The molecule has 14 heavy (non-hydrogen) atoms. The summed E-state index contributed by atoms with van der Waals surface area (Å²) in [4.78, 5) is 2.16. The Labute approximate surface area is 93.6 Å². The lowest BCUT2D eigenvalue weighted by atomic mass is 10.2. The molecule has 1 fully saturated rings. The summed E-state index contributed by atoms with van der Waals surface area (Å²) in [6, 6.07) is 4.16. The molecule has 0 spiro atoms. The van der Waals surface area contributed by atoms with Crippen molar-refractivity contribution in [1.82, 2.24) is 0 Å². The van der Waals surface area contributed by atoms with Gasteiger partial charge in [-0.2, -0.15) is 0 Å². The molecule has 2 N–H and O–H groups in total. The van der Waals surface area contributed by atoms with Gasteiger partial charge in [0.25, 0.3) is 0 Å². The Balaban J connectivity index is 2.36. The summed E-state index contributed by atoms with van der Waals surface area (Å²) in [6.07, 6.45) is 2.46.